The van der Waals surface area contributed by atoms with Crippen molar-refractivity contribution in [3.05, 3.63) is 34.4 Å². The Balaban J connectivity index is 0.0000160. The molecule has 0 bridgehead atoms. The maximum atomic E-state index is 12.7. The molecule has 0 fully saturated rings. The van der Waals surface area contributed by atoms with Gasteiger partial charge in [0, 0.05) is 29.3 Å². The van der Waals surface area contributed by atoms with Gasteiger partial charge in [-0.3, -0.25) is 19.2 Å². The molecule has 1 amide bonds. The first-order valence-corrected chi connectivity index (χ1v) is 15.3. The molecule has 1 atom stereocenters. The number of halogens is 1. The summed E-state index contributed by atoms with van der Waals surface area (Å²) in [5.41, 5.74) is 5.98. The first-order valence-electron chi connectivity index (χ1n) is 13.1. The minimum absolute atomic E-state index is 0. The average molecular weight is 633 g/mol. The van der Waals surface area contributed by atoms with Crippen LogP contribution in [0.3, 0.4) is 0 Å². The van der Waals surface area contributed by atoms with Gasteiger partial charge < -0.3 is 24.8 Å². The number of hydrogen-bond acceptors (Lipinski definition) is 10. The van der Waals surface area contributed by atoms with Gasteiger partial charge in [-0.1, -0.05) is 41.5 Å². The van der Waals surface area contributed by atoms with E-state index in [2.05, 4.69) is 13.8 Å². The van der Waals surface area contributed by atoms with Crippen molar-refractivity contribution in [3.63, 3.8) is 0 Å². The molecule has 0 unspecified atom stereocenters. The molecule has 0 aliphatic rings. The molecule has 12 heteroatoms. The molecule has 1 aromatic carbocycles. The van der Waals surface area contributed by atoms with E-state index in [9.17, 15) is 19.2 Å². The van der Waals surface area contributed by atoms with E-state index in [0.29, 0.717) is 17.2 Å². The fourth-order valence-corrected chi connectivity index (χ4v) is 5.03. The Bertz CT molecular complexity index is 1100. The van der Waals surface area contributed by atoms with E-state index >= 15 is 0 Å². The molecule has 1 aromatic rings. The van der Waals surface area contributed by atoms with Crippen LogP contribution in [0.2, 0.25) is 0 Å². The summed E-state index contributed by atoms with van der Waals surface area (Å²) in [4.78, 5) is 51.4. The molecule has 0 spiro atoms. The quantitative estimate of drug-likeness (QED) is 0.121. The molecule has 0 radical (unpaired) electrons. The molecule has 41 heavy (non-hydrogen) atoms. The van der Waals surface area contributed by atoms with Gasteiger partial charge in [-0.2, -0.15) is 0 Å². The van der Waals surface area contributed by atoms with Crippen molar-refractivity contribution in [2.45, 2.75) is 86.4 Å². The van der Waals surface area contributed by atoms with Crippen LogP contribution in [-0.2, 0) is 30.3 Å². The van der Waals surface area contributed by atoms with Crippen LogP contribution in [0, 0.1) is 10.8 Å². The summed E-state index contributed by atoms with van der Waals surface area (Å²) in [5, 5.41) is 0.376. The average Bonchev–Trinajstić information content (AvgIpc) is 2.84. The minimum Gasteiger partial charge on any atom is -0.464 e. The standard InChI is InChI=1S/C29H44N2O7S2.ClH/c1-18(2)39-40-24(19(3)31(10)17-32)13-14-36-25(33)21(30)15-20-11-12-22(37-26(34)28(4,5)6)23(16-20)38-27(35)29(7,8)9;/h11-12,16-18,21H,13-15,30H2,1-10H3;1H/b24-19-;/t21-;/m0./s1. The van der Waals surface area contributed by atoms with Crippen LogP contribution in [0.5, 0.6) is 11.5 Å². The van der Waals surface area contributed by atoms with Gasteiger partial charge in [-0.05, 0) is 72.6 Å². The van der Waals surface area contributed by atoms with Crippen LogP contribution >= 0.6 is 34.0 Å². The molecule has 0 heterocycles. The van der Waals surface area contributed by atoms with E-state index in [1.807, 2.05) is 6.92 Å². The summed E-state index contributed by atoms with van der Waals surface area (Å²) in [6.45, 7) is 16.4. The molecule has 0 aromatic heterocycles. The molecule has 0 aliphatic heterocycles. The SMILES string of the molecule is C/C(=C(\CCOC(=O)[C@@H](N)Cc1ccc(OC(=O)C(C)(C)C)c(OC(=O)C(C)(C)C)c1)SSC(C)C)N(C)C=O.Cl. The number of ether oxygens (including phenoxy) is 3. The van der Waals surface area contributed by atoms with Gasteiger partial charge in [0.2, 0.25) is 6.41 Å². The molecule has 232 valence electrons. The highest BCUT2D eigenvalue weighted by molar-refractivity contribution is 8.78. The van der Waals surface area contributed by atoms with Crippen molar-refractivity contribution in [3.8, 4) is 11.5 Å². The number of allylic oxidation sites excluding steroid dienone is 1. The van der Waals surface area contributed by atoms with Crippen molar-refractivity contribution in [1.29, 1.82) is 0 Å². The summed E-state index contributed by atoms with van der Waals surface area (Å²) >= 11 is 0. The molecule has 1 rings (SSSR count). The van der Waals surface area contributed by atoms with Crippen LogP contribution in [0.15, 0.2) is 28.8 Å². The summed E-state index contributed by atoms with van der Waals surface area (Å²) in [6, 6.07) is 3.75. The molecular formula is C29H45ClN2O7S2. The fourth-order valence-electron chi connectivity index (χ4n) is 2.75. The lowest BCUT2D eigenvalue weighted by molar-refractivity contribution is -0.145. The van der Waals surface area contributed by atoms with Gasteiger partial charge in [0.05, 0.1) is 17.4 Å². The number of benzene rings is 1. The van der Waals surface area contributed by atoms with Gasteiger partial charge in [0.15, 0.2) is 11.5 Å². The zero-order chi connectivity index (χ0) is 30.8. The second-order valence-electron chi connectivity index (χ2n) is 11.7. The molecule has 2 N–H and O–H groups in total. The number of carbonyl (C=O) groups excluding carboxylic acids is 4. The van der Waals surface area contributed by atoms with Crippen LogP contribution in [-0.4, -0.2) is 54.2 Å². The van der Waals surface area contributed by atoms with Crippen molar-refractivity contribution < 1.29 is 33.4 Å². The number of rotatable bonds is 13. The lowest BCUT2D eigenvalue weighted by atomic mass is 9.97. The zero-order valence-corrected chi connectivity index (χ0v) is 28.1. The Morgan fingerprint density at radius 1 is 1.00 bits per heavy atom. The number of hydrogen-bond donors (Lipinski definition) is 1. The predicted molar refractivity (Wildman–Crippen MR) is 168 cm³/mol. The number of carbonyl (C=O) groups is 4. The molecule has 0 saturated heterocycles. The summed E-state index contributed by atoms with van der Waals surface area (Å²) < 4.78 is 16.5. The van der Waals surface area contributed by atoms with Crippen LogP contribution < -0.4 is 15.2 Å². The van der Waals surface area contributed by atoms with Crippen LogP contribution in [0.1, 0.15) is 74.3 Å². The van der Waals surface area contributed by atoms with E-state index < -0.39 is 34.8 Å². The summed E-state index contributed by atoms with van der Waals surface area (Å²) in [7, 11) is 4.89. The Kier molecular flexibility index (Phi) is 16.1. The zero-order valence-electron chi connectivity index (χ0n) is 25.7. The topological polar surface area (TPSA) is 125 Å². The highest BCUT2D eigenvalue weighted by atomic mass is 35.5. The van der Waals surface area contributed by atoms with Crippen LogP contribution in [0.25, 0.3) is 0 Å². The first-order chi connectivity index (χ1) is 18.4. The normalized spacial score (nSPS) is 13.0. The van der Waals surface area contributed by atoms with Gasteiger partial charge in [-0.25, -0.2) is 0 Å². The van der Waals surface area contributed by atoms with E-state index in [-0.39, 0.29) is 36.9 Å². The molecule has 0 saturated carbocycles. The van der Waals surface area contributed by atoms with Gasteiger partial charge in [0.25, 0.3) is 0 Å². The van der Waals surface area contributed by atoms with Gasteiger partial charge in [-0.15, -0.1) is 12.4 Å². The third kappa shape index (κ3) is 13.5. The van der Waals surface area contributed by atoms with E-state index in [1.165, 1.54) is 11.0 Å². The summed E-state index contributed by atoms with van der Waals surface area (Å²) in [5.74, 6) is -1.40. The largest absolute Gasteiger partial charge is 0.464 e. The smallest absolute Gasteiger partial charge is 0.323 e. The number of nitrogens with two attached hydrogens (primary N) is 1. The lowest BCUT2D eigenvalue weighted by Gasteiger charge is -2.21. The highest BCUT2D eigenvalue weighted by Gasteiger charge is 2.28. The highest BCUT2D eigenvalue weighted by Crippen LogP contribution is 2.37. The molecule has 9 nitrogen and oxygen atoms in total. The third-order valence-corrected chi connectivity index (χ3v) is 8.63. The van der Waals surface area contributed by atoms with Crippen molar-refractivity contribution in [2.75, 3.05) is 13.7 Å². The Morgan fingerprint density at radius 2 is 1.54 bits per heavy atom. The molecule has 0 aliphatic carbocycles. The molecular weight excluding hydrogens is 588 g/mol. The van der Waals surface area contributed by atoms with Crippen molar-refractivity contribution in [1.82, 2.24) is 4.90 Å². The van der Waals surface area contributed by atoms with E-state index in [0.717, 1.165) is 17.0 Å². The van der Waals surface area contributed by atoms with E-state index in [1.54, 1.807) is 82.3 Å². The monoisotopic (exact) mass is 632 g/mol. The van der Waals surface area contributed by atoms with Crippen LogP contribution in [0.4, 0.5) is 0 Å². The summed E-state index contributed by atoms with van der Waals surface area (Å²) in [6.07, 6.45) is 1.29. The number of esters is 3. The third-order valence-electron chi connectivity index (χ3n) is 5.40. The Hall–Kier alpha value is -2.21. The number of amides is 1. The Labute approximate surface area is 258 Å². The first kappa shape index (κ1) is 38.8. The van der Waals surface area contributed by atoms with Gasteiger partial charge >= 0.3 is 17.9 Å². The lowest BCUT2D eigenvalue weighted by Crippen LogP contribution is -2.34. The minimum atomic E-state index is -0.974. The van der Waals surface area contributed by atoms with Gasteiger partial charge in [0.1, 0.15) is 6.04 Å². The maximum absolute atomic E-state index is 12.7. The maximum Gasteiger partial charge on any atom is 0.323 e. The Morgan fingerprint density at radius 3 is 2.02 bits per heavy atom. The van der Waals surface area contributed by atoms with E-state index in [4.69, 9.17) is 19.9 Å². The second-order valence-corrected chi connectivity index (χ2v) is 14.6. The second kappa shape index (κ2) is 17.0. The van der Waals surface area contributed by atoms with Crippen molar-refractivity contribution in [2.24, 2.45) is 16.6 Å². The number of nitrogens with zero attached hydrogens (tertiary/aromatic N) is 1. The predicted octanol–water partition coefficient (Wildman–Crippen LogP) is 5.92. The van der Waals surface area contributed by atoms with Crippen molar-refractivity contribution >= 4 is 58.3 Å². The fraction of sp³-hybridized carbons (Fsp3) is 0.586.